The summed E-state index contributed by atoms with van der Waals surface area (Å²) in [6.07, 6.45) is 13.0. The molecule has 0 heterocycles. The van der Waals surface area contributed by atoms with Gasteiger partial charge in [-0.3, -0.25) is 0 Å². The van der Waals surface area contributed by atoms with E-state index >= 15 is 0 Å². The molecule has 0 unspecified atom stereocenters. The Labute approximate surface area is 211 Å². The Bertz CT molecular complexity index is 1030. The first-order chi connectivity index (χ1) is 17.3. The minimum atomic E-state index is 0.682. The van der Waals surface area contributed by atoms with Gasteiger partial charge >= 0.3 is 0 Å². The van der Waals surface area contributed by atoms with E-state index in [4.69, 9.17) is 14.7 Å². The fourth-order valence-electron chi connectivity index (χ4n) is 4.00. The summed E-state index contributed by atoms with van der Waals surface area (Å²) in [5.74, 6) is 1.86. The van der Waals surface area contributed by atoms with E-state index < -0.39 is 0 Å². The molecule has 0 fully saturated rings. The average molecular weight is 468 g/mol. The van der Waals surface area contributed by atoms with Gasteiger partial charge in [-0.05, 0) is 65.9 Å². The van der Waals surface area contributed by atoms with Crippen LogP contribution in [0, 0.1) is 11.3 Å². The molecule has 0 aromatic heterocycles. The largest absolute Gasteiger partial charge is 0.494 e. The number of ether oxygens (including phenoxy) is 2. The number of nitrogens with zero attached hydrogens (tertiary/aromatic N) is 1. The van der Waals surface area contributed by atoms with Crippen LogP contribution in [0.4, 0.5) is 0 Å². The van der Waals surface area contributed by atoms with Gasteiger partial charge in [0.2, 0.25) is 0 Å². The summed E-state index contributed by atoms with van der Waals surface area (Å²) >= 11 is 0. The third kappa shape index (κ3) is 9.71. The molecule has 0 aliphatic rings. The van der Waals surface area contributed by atoms with Crippen LogP contribution in [0.2, 0.25) is 0 Å². The molecule has 0 radical (unpaired) electrons. The minimum Gasteiger partial charge on any atom is -0.494 e. The van der Waals surface area contributed by atoms with Gasteiger partial charge in [0.1, 0.15) is 11.5 Å². The fourth-order valence-corrected chi connectivity index (χ4v) is 4.00. The molecule has 182 valence electrons. The Morgan fingerprint density at radius 2 is 0.971 bits per heavy atom. The number of nitriles is 1. The van der Waals surface area contributed by atoms with Crippen LogP contribution in [0.5, 0.6) is 11.5 Å². The molecule has 3 aromatic carbocycles. The van der Waals surface area contributed by atoms with Gasteiger partial charge in [0.05, 0.1) is 24.8 Å². The third-order valence-electron chi connectivity index (χ3n) is 6.14. The average Bonchev–Trinajstić information content (AvgIpc) is 2.92. The van der Waals surface area contributed by atoms with Crippen molar-refractivity contribution in [2.75, 3.05) is 13.2 Å². The summed E-state index contributed by atoms with van der Waals surface area (Å²) < 4.78 is 11.7. The van der Waals surface area contributed by atoms with E-state index in [1.54, 1.807) is 0 Å². The van der Waals surface area contributed by atoms with Gasteiger partial charge in [0, 0.05) is 0 Å². The lowest BCUT2D eigenvalue weighted by Gasteiger charge is -2.08. The van der Waals surface area contributed by atoms with E-state index in [0.717, 1.165) is 54.2 Å². The Morgan fingerprint density at radius 1 is 0.571 bits per heavy atom. The van der Waals surface area contributed by atoms with Crippen LogP contribution in [-0.2, 0) is 0 Å². The number of hydrogen-bond donors (Lipinski definition) is 0. The van der Waals surface area contributed by atoms with E-state index in [1.807, 2.05) is 66.7 Å². The maximum absolute atomic E-state index is 8.92. The maximum Gasteiger partial charge on any atom is 0.119 e. The molecule has 3 rings (SSSR count). The van der Waals surface area contributed by atoms with Gasteiger partial charge in [-0.15, -0.1) is 0 Å². The van der Waals surface area contributed by atoms with Crippen molar-refractivity contribution in [2.24, 2.45) is 0 Å². The second kappa shape index (κ2) is 15.4. The highest BCUT2D eigenvalue weighted by atomic mass is 16.5. The molecule has 0 amide bonds. The summed E-state index contributed by atoms with van der Waals surface area (Å²) in [6.45, 7) is 5.34. The molecule has 0 saturated heterocycles. The quantitative estimate of drug-likeness (QED) is 0.198. The van der Waals surface area contributed by atoms with Crippen molar-refractivity contribution in [3.8, 4) is 28.7 Å². The maximum atomic E-state index is 8.92. The van der Waals surface area contributed by atoms with Crippen molar-refractivity contribution < 1.29 is 9.47 Å². The normalized spacial score (nSPS) is 10.5. The monoisotopic (exact) mass is 467 g/mol. The fraction of sp³-hybridized carbons (Fsp3) is 0.344. The van der Waals surface area contributed by atoms with Gasteiger partial charge in [-0.1, -0.05) is 94.0 Å². The smallest absolute Gasteiger partial charge is 0.119 e. The van der Waals surface area contributed by atoms with Crippen molar-refractivity contribution >= 4 is 6.08 Å². The first-order valence-corrected chi connectivity index (χ1v) is 12.9. The molecular formula is C32H37NO2. The lowest BCUT2D eigenvalue weighted by molar-refractivity contribution is 0.302. The minimum absolute atomic E-state index is 0.682. The molecule has 0 saturated carbocycles. The Morgan fingerprint density at radius 3 is 1.40 bits per heavy atom. The molecule has 0 atom stereocenters. The zero-order chi connectivity index (χ0) is 24.6. The van der Waals surface area contributed by atoms with Crippen LogP contribution in [-0.4, -0.2) is 13.2 Å². The molecule has 0 bridgehead atoms. The second-order valence-corrected chi connectivity index (χ2v) is 8.87. The molecule has 3 aromatic rings. The molecular weight excluding hydrogens is 430 g/mol. The van der Waals surface area contributed by atoms with Crippen LogP contribution in [0.1, 0.15) is 68.9 Å². The van der Waals surface area contributed by atoms with Crippen LogP contribution in [0.25, 0.3) is 17.2 Å². The standard InChI is InChI=1S/C32H37NO2/c1-2-27-14-20-31(21-15-27)34-24-10-8-6-4-3-5-7-9-11-25-35-32-22-18-30(19-23-32)29-16-12-28(26-33)13-17-29/h2,12-23H,1,3-11,24-25H2. The van der Waals surface area contributed by atoms with Crippen LogP contribution in [0.15, 0.2) is 79.4 Å². The van der Waals surface area contributed by atoms with Crippen LogP contribution < -0.4 is 9.47 Å². The lowest BCUT2D eigenvalue weighted by atomic mass is 10.0. The summed E-state index contributed by atoms with van der Waals surface area (Å²) in [4.78, 5) is 0. The van der Waals surface area contributed by atoms with Crippen molar-refractivity contribution in [1.29, 1.82) is 5.26 Å². The summed E-state index contributed by atoms with van der Waals surface area (Å²) in [5.41, 5.74) is 4.05. The molecule has 0 aliphatic carbocycles. The Kier molecular flexibility index (Phi) is 11.5. The summed E-state index contributed by atoms with van der Waals surface area (Å²) in [5, 5.41) is 8.92. The summed E-state index contributed by atoms with van der Waals surface area (Å²) in [7, 11) is 0. The molecule has 3 heteroatoms. The van der Waals surface area contributed by atoms with E-state index in [1.165, 1.54) is 44.9 Å². The Hall–Kier alpha value is -3.51. The van der Waals surface area contributed by atoms with Gasteiger partial charge in [0.15, 0.2) is 0 Å². The molecule has 0 N–H and O–H groups in total. The first-order valence-electron chi connectivity index (χ1n) is 12.9. The van der Waals surface area contributed by atoms with E-state index in [0.29, 0.717) is 5.56 Å². The van der Waals surface area contributed by atoms with Gasteiger partial charge in [0.25, 0.3) is 0 Å². The molecule has 35 heavy (non-hydrogen) atoms. The zero-order valence-electron chi connectivity index (χ0n) is 20.8. The van der Waals surface area contributed by atoms with Crippen molar-refractivity contribution in [1.82, 2.24) is 0 Å². The van der Waals surface area contributed by atoms with Crippen LogP contribution >= 0.6 is 0 Å². The van der Waals surface area contributed by atoms with Gasteiger partial charge in [-0.2, -0.15) is 5.26 Å². The summed E-state index contributed by atoms with van der Waals surface area (Å²) in [6, 6.07) is 26.1. The predicted molar refractivity (Wildman–Crippen MR) is 146 cm³/mol. The van der Waals surface area contributed by atoms with Gasteiger partial charge in [-0.25, -0.2) is 0 Å². The lowest BCUT2D eigenvalue weighted by Crippen LogP contribution is -1.97. The highest BCUT2D eigenvalue weighted by Crippen LogP contribution is 2.23. The number of unbranched alkanes of at least 4 members (excludes halogenated alkanes) is 8. The van der Waals surface area contributed by atoms with E-state index in [9.17, 15) is 0 Å². The van der Waals surface area contributed by atoms with Crippen molar-refractivity contribution in [2.45, 2.75) is 57.8 Å². The predicted octanol–water partition coefficient (Wildman–Crippen LogP) is 8.84. The number of benzene rings is 3. The highest BCUT2D eigenvalue weighted by Gasteiger charge is 2.00. The number of hydrogen-bond acceptors (Lipinski definition) is 3. The molecule has 3 nitrogen and oxygen atoms in total. The van der Waals surface area contributed by atoms with E-state index in [2.05, 4.69) is 24.8 Å². The molecule has 0 aliphatic heterocycles. The highest BCUT2D eigenvalue weighted by molar-refractivity contribution is 5.64. The van der Waals surface area contributed by atoms with E-state index in [-0.39, 0.29) is 0 Å². The zero-order valence-corrected chi connectivity index (χ0v) is 20.8. The van der Waals surface area contributed by atoms with Crippen molar-refractivity contribution in [3.63, 3.8) is 0 Å². The first kappa shape index (κ1) is 26.1. The van der Waals surface area contributed by atoms with Crippen LogP contribution in [0.3, 0.4) is 0 Å². The third-order valence-corrected chi connectivity index (χ3v) is 6.14. The van der Waals surface area contributed by atoms with Crippen molar-refractivity contribution in [3.05, 3.63) is 90.5 Å². The number of rotatable bonds is 16. The second-order valence-electron chi connectivity index (χ2n) is 8.87. The molecule has 0 spiro atoms. The Balaban J connectivity index is 1.14. The van der Waals surface area contributed by atoms with Gasteiger partial charge < -0.3 is 9.47 Å². The topological polar surface area (TPSA) is 42.2 Å². The SMILES string of the molecule is C=Cc1ccc(OCCCCCCCCCCCOc2ccc(-c3ccc(C#N)cc3)cc2)cc1.